The van der Waals surface area contributed by atoms with Crippen molar-refractivity contribution in [3.8, 4) is 5.75 Å². The van der Waals surface area contributed by atoms with Crippen molar-refractivity contribution in [3.05, 3.63) is 103 Å². The largest absolute Gasteiger partial charge is 0.497 e. The number of aliphatic hydroxyl groups excluding tert-OH is 1. The smallest absolute Gasteiger partial charge is 0.261 e. The number of rotatable bonds is 18. The first-order valence-corrected chi connectivity index (χ1v) is 17.8. The van der Waals surface area contributed by atoms with E-state index in [1.165, 1.54) is 10.4 Å². The normalized spacial score (nSPS) is 15.0. The van der Waals surface area contributed by atoms with Crippen LogP contribution in [0.3, 0.4) is 0 Å². The summed E-state index contributed by atoms with van der Waals surface area (Å²) in [5.41, 5.74) is 1.12. The molecule has 0 aliphatic rings. The van der Waals surface area contributed by atoms with Crippen molar-refractivity contribution < 1.29 is 19.0 Å². The number of methoxy groups -OCH3 is 1. The van der Waals surface area contributed by atoms with Gasteiger partial charge in [-0.3, -0.25) is 0 Å². The highest BCUT2D eigenvalue weighted by atomic mass is 28.4. The van der Waals surface area contributed by atoms with Gasteiger partial charge >= 0.3 is 0 Å². The van der Waals surface area contributed by atoms with Crippen molar-refractivity contribution in [1.82, 2.24) is 0 Å². The van der Waals surface area contributed by atoms with Gasteiger partial charge in [0, 0.05) is 6.61 Å². The minimum Gasteiger partial charge on any atom is -0.497 e. The number of aliphatic hydroxyl groups is 1. The highest BCUT2D eigenvalue weighted by Crippen LogP contribution is 2.37. The third-order valence-corrected chi connectivity index (χ3v) is 13.5. The van der Waals surface area contributed by atoms with Gasteiger partial charge in [-0.25, -0.2) is 0 Å². The molecule has 0 spiro atoms. The second-order valence-corrected chi connectivity index (χ2v) is 17.5. The molecule has 4 nitrogen and oxygen atoms in total. The summed E-state index contributed by atoms with van der Waals surface area (Å²) in [6.07, 6.45) is 5.81. The molecular formula is C38H54O4Si. The van der Waals surface area contributed by atoms with Crippen molar-refractivity contribution in [2.45, 2.75) is 90.6 Å². The molecule has 0 fully saturated rings. The summed E-state index contributed by atoms with van der Waals surface area (Å²) in [4.78, 5) is 0. The standard InChI is InChI=1S/C38H54O4Si/c1-8-15-35(41-29-32-20-22-34(40-7)23-21-32)28-31(3)27-33(39)26-30(2)24-25-42-43(38(4,5)6,36-16-11-9-12-17-36)37-18-13-10-14-19-37/h8-14,16-23,30-31,33,35,39H,1,15,24-29H2,2-7H3/t30-,31+,33-,35-/m1/s1. The molecule has 3 aromatic rings. The summed E-state index contributed by atoms with van der Waals surface area (Å²) < 4.78 is 18.6. The first-order valence-electron chi connectivity index (χ1n) is 15.9. The zero-order valence-electron chi connectivity index (χ0n) is 27.3. The van der Waals surface area contributed by atoms with E-state index in [0.29, 0.717) is 25.0 Å². The van der Waals surface area contributed by atoms with E-state index in [1.807, 2.05) is 30.3 Å². The molecule has 0 aliphatic carbocycles. The Morgan fingerprint density at radius 1 is 0.814 bits per heavy atom. The van der Waals surface area contributed by atoms with Crippen LogP contribution in [0.5, 0.6) is 5.75 Å². The van der Waals surface area contributed by atoms with Gasteiger partial charge in [0.1, 0.15) is 5.75 Å². The van der Waals surface area contributed by atoms with Gasteiger partial charge in [-0.05, 0) is 77.0 Å². The summed E-state index contributed by atoms with van der Waals surface area (Å²) in [7, 11) is -0.863. The Morgan fingerprint density at radius 3 is 1.88 bits per heavy atom. The highest BCUT2D eigenvalue weighted by Gasteiger charge is 2.50. The Hall–Kier alpha value is -2.70. The lowest BCUT2D eigenvalue weighted by Crippen LogP contribution is -2.66. The predicted octanol–water partition coefficient (Wildman–Crippen LogP) is 7.93. The van der Waals surface area contributed by atoms with Crippen LogP contribution in [0.4, 0.5) is 0 Å². The molecule has 43 heavy (non-hydrogen) atoms. The minimum absolute atomic E-state index is 0.0364. The second-order valence-electron chi connectivity index (χ2n) is 13.2. The molecule has 0 unspecified atom stereocenters. The van der Waals surface area contributed by atoms with Crippen molar-refractivity contribution >= 4 is 18.7 Å². The minimum atomic E-state index is -2.54. The Bertz CT molecular complexity index is 1150. The number of benzene rings is 3. The van der Waals surface area contributed by atoms with Crippen LogP contribution in [-0.2, 0) is 15.8 Å². The van der Waals surface area contributed by atoms with E-state index in [2.05, 4.69) is 102 Å². The molecule has 3 rings (SSSR count). The quantitative estimate of drug-likeness (QED) is 0.119. The van der Waals surface area contributed by atoms with Gasteiger partial charge in [-0.15, -0.1) is 6.58 Å². The van der Waals surface area contributed by atoms with Crippen LogP contribution < -0.4 is 15.1 Å². The average molecular weight is 603 g/mol. The van der Waals surface area contributed by atoms with Crippen molar-refractivity contribution in [1.29, 1.82) is 0 Å². The Balaban J connectivity index is 1.54. The molecule has 0 saturated heterocycles. The fourth-order valence-electron chi connectivity index (χ4n) is 6.22. The molecule has 234 valence electrons. The van der Waals surface area contributed by atoms with Crippen LogP contribution in [0.1, 0.15) is 72.3 Å². The van der Waals surface area contributed by atoms with Crippen molar-refractivity contribution in [2.24, 2.45) is 11.8 Å². The van der Waals surface area contributed by atoms with Gasteiger partial charge in [0.15, 0.2) is 0 Å². The molecule has 0 aromatic heterocycles. The van der Waals surface area contributed by atoms with Gasteiger partial charge in [0.2, 0.25) is 0 Å². The summed E-state index contributed by atoms with van der Waals surface area (Å²) in [6.45, 7) is 16.6. The van der Waals surface area contributed by atoms with Gasteiger partial charge in [0.25, 0.3) is 8.32 Å². The lowest BCUT2D eigenvalue weighted by atomic mass is 9.91. The molecular weight excluding hydrogens is 549 g/mol. The second kappa shape index (κ2) is 17.0. The topological polar surface area (TPSA) is 47.9 Å². The Morgan fingerprint density at radius 2 is 1.37 bits per heavy atom. The van der Waals surface area contributed by atoms with Crippen LogP contribution in [0.15, 0.2) is 97.6 Å². The molecule has 3 aromatic carbocycles. The summed E-state index contributed by atoms with van der Waals surface area (Å²) >= 11 is 0. The monoisotopic (exact) mass is 602 g/mol. The fraction of sp³-hybridized carbons (Fsp3) is 0.474. The highest BCUT2D eigenvalue weighted by molar-refractivity contribution is 6.99. The first-order chi connectivity index (χ1) is 20.6. The molecule has 0 saturated carbocycles. The van der Waals surface area contributed by atoms with E-state index >= 15 is 0 Å². The third kappa shape index (κ3) is 10.2. The van der Waals surface area contributed by atoms with Gasteiger partial charge < -0.3 is 19.0 Å². The number of hydrogen-bond acceptors (Lipinski definition) is 4. The lowest BCUT2D eigenvalue weighted by Gasteiger charge is -2.43. The molecule has 0 radical (unpaired) electrons. The van der Waals surface area contributed by atoms with Crippen LogP contribution in [0, 0.1) is 11.8 Å². The molecule has 0 bridgehead atoms. The molecule has 0 aliphatic heterocycles. The van der Waals surface area contributed by atoms with Gasteiger partial charge in [0.05, 0.1) is 25.9 Å². The van der Waals surface area contributed by atoms with Crippen molar-refractivity contribution in [2.75, 3.05) is 13.7 Å². The lowest BCUT2D eigenvalue weighted by molar-refractivity contribution is 0.0202. The maximum absolute atomic E-state index is 11.0. The van der Waals surface area contributed by atoms with E-state index < -0.39 is 8.32 Å². The van der Waals surface area contributed by atoms with Gasteiger partial charge in [-0.1, -0.05) is 113 Å². The van der Waals surface area contributed by atoms with Crippen LogP contribution in [0.25, 0.3) is 0 Å². The third-order valence-electron chi connectivity index (χ3n) is 8.43. The molecule has 4 atom stereocenters. The maximum Gasteiger partial charge on any atom is 0.261 e. The Labute approximate surface area is 262 Å². The van der Waals surface area contributed by atoms with Gasteiger partial charge in [-0.2, -0.15) is 0 Å². The summed E-state index contributed by atoms with van der Waals surface area (Å²) in [5.74, 6) is 1.55. The molecule has 1 N–H and O–H groups in total. The Kier molecular flexibility index (Phi) is 13.7. The van der Waals surface area contributed by atoms with E-state index in [4.69, 9.17) is 13.9 Å². The molecule has 0 amide bonds. The van der Waals surface area contributed by atoms with Crippen LogP contribution in [0.2, 0.25) is 5.04 Å². The maximum atomic E-state index is 11.0. The zero-order chi connectivity index (χ0) is 31.3. The summed E-state index contributed by atoms with van der Waals surface area (Å²) in [5, 5.41) is 13.6. The number of hydrogen-bond donors (Lipinski definition) is 1. The number of ether oxygens (including phenoxy) is 2. The van der Waals surface area contributed by atoms with Crippen molar-refractivity contribution in [3.63, 3.8) is 0 Å². The van der Waals surface area contributed by atoms with E-state index in [0.717, 1.165) is 43.4 Å². The molecule has 0 heterocycles. The zero-order valence-corrected chi connectivity index (χ0v) is 28.3. The predicted molar refractivity (Wildman–Crippen MR) is 183 cm³/mol. The summed E-state index contributed by atoms with van der Waals surface area (Å²) in [6, 6.07) is 29.6. The average Bonchev–Trinajstić information content (AvgIpc) is 2.98. The van der Waals surface area contributed by atoms with E-state index in [1.54, 1.807) is 7.11 Å². The van der Waals surface area contributed by atoms with Crippen LogP contribution >= 0.6 is 0 Å². The SMILES string of the molecule is C=CC[C@H](C[C@@H](C)C[C@H](O)C[C@H](C)CCO[Si](c1ccccc1)(c1ccccc1)C(C)(C)C)OCc1ccc(OC)cc1. The van der Waals surface area contributed by atoms with E-state index in [9.17, 15) is 5.11 Å². The van der Waals surface area contributed by atoms with Crippen LogP contribution in [-0.4, -0.2) is 39.3 Å². The first kappa shape index (κ1) is 34.8. The fourth-order valence-corrected chi connectivity index (χ4v) is 10.8. The van der Waals surface area contributed by atoms with E-state index in [-0.39, 0.29) is 17.2 Å². The molecule has 5 heteroatoms.